The van der Waals surface area contributed by atoms with Crippen molar-refractivity contribution in [1.82, 2.24) is 0 Å². The Kier molecular flexibility index (Phi) is 5.70. The third-order valence-electron chi connectivity index (χ3n) is 3.19. The molecule has 0 spiro atoms. The molecule has 0 bridgehead atoms. The van der Waals surface area contributed by atoms with Gasteiger partial charge in [-0.25, -0.2) is 4.79 Å². The van der Waals surface area contributed by atoms with Gasteiger partial charge in [0.15, 0.2) is 6.10 Å². The van der Waals surface area contributed by atoms with Crippen LogP contribution in [0.3, 0.4) is 0 Å². The number of halogens is 6. The first-order chi connectivity index (χ1) is 10.8. The van der Waals surface area contributed by atoms with E-state index in [1.165, 1.54) is 30.3 Å². The molecule has 3 nitrogen and oxygen atoms in total. The van der Waals surface area contributed by atoms with Crippen molar-refractivity contribution in [2.24, 2.45) is 0 Å². The Morgan fingerprint density at radius 1 is 1.12 bits per heavy atom. The summed E-state index contributed by atoms with van der Waals surface area (Å²) in [5.41, 5.74) is -5.61. The molecule has 0 aliphatic rings. The Bertz CT molecular complexity index is 577. The van der Waals surface area contributed by atoms with Crippen LogP contribution in [0, 0.1) is 0 Å². The zero-order valence-corrected chi connectivity index (χ0v) is 12.4. The number of benzene rings is 1. The Balaban J connectivity index is 3.37. The lowest BCUT2D eigenvalue weighted by Crippen LogP contribution is -2.65. The van der Waals surface area contributed by atoms with Gasteiger partial charge in [0.25, 0.3) is 5.60 Å². The summed E-state index contributed by atoms with van der Waals surface area (Å²) >= 11 is 0. The van der Waals surface area contributed by atoms with Gasteiger partial charge in [0.2, 0.25) is 0 Å². The number of carbonyl (C=O) groups is 1. The van der Waals surface area contributed by atoms with Crippen LogP contribution in [0.1, 0.15) is 12.5 Å². The standard InChI is InChI=1S/C15H14F6O3/c1-9(2)12(22)24-11(8-10-6-4-3-5-7-10)13(23,14(16,17)18)15(19,20)21/h3-7,11,23H,1,8H2,2H3. The lowest BCUT2D eigenvalue weighted by Gasteiger charge is -2.38. The molecular weight excluding hydrogens is 342 g/mol. The number of ether oxygens (including phenoxy) is 1. The highest BCUT2D eigenvalue weighted by atomic mass is 19.4. The van der Waals surface area contributed by atoms with E-state index in [9.17, 15) is 36.2 Å². The van der Waals surface area contributed by atoms with Gasteiger partial charge in [0.05, 0.1) is 0 Å². The highest BCUT2D eigenvalue weighted by Gasteiger charge is 2.75. The van der Waals surface area contributed by atoms with Gasteiger partial charge in [-0.15, -0.1) is 0 Å². The zero-order valence-electron chi connectivity index (χ0n) is 12.4. The van der Waals surface area contributed by atoms with Crippen LogP contribution >= 0.6 is 0 Å². The minimum atomic E-state index is -6.11. The lowest BCUT2D eigenvalue weighted by molar-refractivity contribution is -0.390. The van der Waals surface area contributed by atoms with Crippen LogP contribution in [-0.4, -0.2) is 35.1 Å². The van der Waals surface area contributed by atoms with Crippen LogP contribution in [-0.2, 0) is 16.0 Å². The minimum absolute atomic E-state index is 0.0175. The summed E-state index contributed by atoms with van der Waals surface area (Å²) in [5.74, 6) is -1.47. The van der Waals surface area contributed by atoms with Crippen LogP contribution in [0.25, 0.3) is 0 Å². The van der Waals surface area contributed by atoms with E-state index in [2.05, 4.69) is 11.3 Å². The fourth-order valence-electron chi connectivity index (χ4n) is 1.86. The van der Waals surface area contributed by atoms with E-state index in [4.69, 9.17) is 0 Å². The van der Waals surface area contributed by atoms with Crippen molar-refractivity contribution in [2.75, 3.05) is 0 Å². The number of alkyl halides is 6. The van der Waals surface area contributed by atoms with E-state index in [1.54, 1.807) is 0 Å². The second-order valence-electron chi connectivity index (χ2n) is 5.13. The molecule has 1 rings (SSSR count). The van der Waals surface area contributed by atoms with E-state index >= 15 is 0 Å². The molecular formula is C15H14F6O3. The normalized spacial score (nSPS) is 14.2. The number of carbonyl (C=O) groups excluding carboxylic acids is 1. The number of aliphatic hydroxyl groups is 1. The van der Waals surface area contributed by atoms with Gasteiger partial charge in [-0.2, -0.15) is 26.3 Å². The zero-order chi connectivity index (χ0) is 18.8. The number of esters is 1. The topological polar surface area (TPSA) is 46.5 Å². The molecule has 0 saturated carbocycles. The fourth-order valence-corrected chi connectivity index (χ4v) is 1.86. The van der Waals surface area contributed by atoms with Crippen molar-refractivity contribution < 1.29 is 41.0 Å². The smallest absolute Gasteiger partial charge is 0.430 e. The SMILES string of the molecule is C=C(C)C(=O)OC(Cc1ccccc1)C(O)(C(F)(F)F)C(F)(F)F. The van der Waals surface area contributed by atoms with E-state index in [0.29, 0.717) is 0 Å². The molecule has 1 atom stereocenters. The van der Waals surface area contributed by atoms with Crippen molar-refractivity contribution in [1.29, 1.82) is 0 Å². The lowest BCUT2D eigenvalue weighted by atomic mass is 9.89. The number of hydrogen-bond donors (Lipinski definition) is 1. The summed E-state index contributed by atoms with van der Waals surface area (Å²) in [4.78, 5) is 11.5. The molecule has 0 fully saturated rings. The highest BCUT2D eigenvalue weighted by molar-refractivity contribution is 5.87. The molecule has 1 aromatic carbocycles. The summed E-state index contributed by atoms with van der Waals surface area (Å²) in [6.45, 7) is 4.16. The molecule has 0 aliphatic heterocycles. The number of rotatable bonds is 5. The van der Waals surface area contributed by atoms with Gasteiger partial charge in [-0.05, 0) is 12.5 Å². The average molecular weight is 356 g/mol. The molecule has 0 radical (unpaired) electrons. The van der Waals surface area contributed by atoms with E-state index in [0.717, 1.165) is 6.92 Å². The predicted molar refractivity (Wildman–Crippen MR) is 71.9 cm³/mol. The molecule has 1 N–H and O–H groups in total. The quantitative estimate of drug-likeness (QED) is 0.498. The van der Waals surface area contributed by atoms with Gasteiger partial charge in [-0.1, -0.05) is 36.9 Å². The Morgan fingerprint density at radius 2 is 1.58 bits per heavy atom. The molecule has 0 amide bonds. The first kappa shape index (κ1) is 20.0. The first-order valence-corrected chi connectivity index (χ1v) is 6.57. The Hall–Kier alpha value is -2.03. The molecule has 0 aromatic heterocycles. The van der Waals surface area contributed by atoms with Crippen LogP contribution < -0.4 is 0 Å². The monoisotopic (exact) mass is 356 g/mol. The second-order valence-corrected chi connectivity index (χ2v) is 5.13. The maximum absolute atomic E-state index is 13.0. The molecule has 9 heteroatoms. The van der Waals surface area contributed by atoms with Crippen molar-refractivity contribution in [3.8, 4) is 0 Å². The molecule has 134 valence electrons. The Morgan fingerprint density at radius 3 is 1.96 bits per heavy atom. The Labute approximate surface area is 133 Å². The minimum Gasteiger partial charge on any atom is -0.455 e. The van der Waals surface area contributed by atoms with E-state index in [1.807, 2.05) is 0 Å². The van der Waals surface area contributed by atoms with Crippen molar-refractivity contribution >= 4 is 5.97 Å². The molecule has 1 unspecified atom stereocenters. The maximum Gasteiger partial charge on any atom is 0.430 e. The van der Waals surface area contributed by atoms with Crippen molar-refractivity contribution in [2.45, 2.75) is 37.4 Å². The molecule has 1 aromatic rings. The van der Waals surface area contributed by atoms with Gasteiger partial charge in [-0.3, -0.25) is 0 Å². The highest BCUT2D eigenvalue weighted by Crippen LogP contribution is 2.47. The predicted octanol–water partition coefficient (Wildman–Crippen LogP) is 3.57. The average Bonchev–Trinajstić information content (AvgIpc) is 2.44. The van der Waals surface area contributed by atoms with Crippen molar-refractivity contribution in [3.05, 3.63) is 48.0 Å². The number of hydrogen-bond acceptors (Lipinski definition) is 3. The summed E-state index contributed by atoms with van der Waals surface area (Å²) in [6.07, 6.45) is -16.1. The van der Waals surface area contributed by atoms with Gasteiger partial charge in [0.1, 0.15) is 0 Å². The molecule has 0 aliphatic carbocycles. The van der Waals surface area contributed by atoms with Crippen LogP contribution in [0.2, 0.25) is 0 Å². The van der Waals surface area contributed by atoms with Crippen molar-refractivity contribution in [3.63, 3.8) is 0 Å². The molecule has 24 heavy (non-hydrogen) atoms. The summed E-state index contributed by atoms with van der Waals surface area (Å²) in [7, 11) is 0. The fraction of sp³-hybridized carbons (Fsp3) is 0.400. The van der Waals surface area contributed by atoms with Crippen LogP contribution in [0.4, 0.5) is 26.3 Å². The second kappa shape index (κ2) is 6.84. The van der Waals surface area contributed by atoms with Gasteiger partial charge < -0.3 is 9.84 Å². The molecule has 0 heterocycles. The summed E-state index contributed by atoms with van der Waals surface area (Å²) in [6, 6.07) is 6.75. The van der Waals surface area contributed by atoms with Crippen LogP contribution in [0.5, 0.6) is 0 Å². The third-order valence-corrected chi connectivity index (χ3v) is 3.19. The molecule has 0 saturated heterocycles. The summed E-state index contributed by atoms with van der Waals surface area (Å²) < 4.78 is 82.4. The first-order valence-electron chi connectivity index (χ1n) is 6.57. The summed E-state index contributed by atoms with van der Waals surface area (Å²) in [5, 5.41) is 9.48. The van der Waals surface area contributed by atoms with Gasteiger partial charge >= 0.3 is 18.3 Å². The van der Waals surface area contributed by atoms with E-state index < -0.39 is 42.0 Å². The van der Waals surface area contributed by atoms with E-state index in [-0.39, 0.29) is 5.56 Å². The third kappa shape index (κ3) is 4.08. The van der Waals surface area contributed by atoms with Gasteiger partial charge in [0, 0.05) is 12.0 Å². The maximum atomic E-state index is 13.0. The largest absolute Gasteiger partial charge is 0.455 e. The van der Waals surface area contributed by atoms with Crippen LogP contribution in [0.15, 0.2) is 42.5 Å².